The molecule has 1 aromatic carbocycles. The first-order valence-corrected chi connectivity index (χ1v) is 7.19. The number of hydrogen-bond donors (Lipinski definition) is 0. The number of nitrogens with zero attached hydrogens (tertiary/aromatic N) is 3. The Bertz CT molecular complexity index is 681. The van der Waals surface area contributed by atoms with Crippen LogP contribution in [0.3, 0.4) is 0 Å². The van der Waals surface area contributed by atoms with Gasteiger partial charge in [-0.25, -0.2) is 9.97 Å². The van der Waals surface area contributed by atoms with E-state index in [0.29, 0.717) is 0 Å². The summed E-state index contributed by atoms with van der Waals surface area (Å²) in [5.41, 5.74) is 2.08. The fourth-order valence-corrected chi connectivity index (χ4v) is 2.23. The number of aromatic nitrogens is 3. The van der Waals surface area contributed by atoms with E-state index < -0.39 is 0 Å². The van der Waals surface area contributed by atoms with E-state index in [1.807, 2.05) is 28.9 Å². The van der Waals surface area contributed by atoms with E-state index in [1.165, 1.54) is 10.5 Å². The third-order valence-electron chi connectivity index (χ3n) is 2.82. The van der Waals surface area contributed by atoms with Crippen LogP contribution in [0.15, 0.2) is 53.8 Å². The highest BCUT2D eigenvalue weighted by Crippen LogP contribution is 2.16. The zero-order chi connectivity index (χ0) is 13.1. The Morgan fingerprint density at radius 3 is 2.74 bits per heavy atom. The van der Waals surface area contributed by atoms with E-state index in [9.17, 15) is 0 Å². The van der Waals surface area contributed by atoms with Gasteiger partial charge in [-0.15, -0.1) is 11.8 Å². The molecular weight excluding hydrogens is 254 g/mol. The molecule has 0 saturated carbocycles. The van der Waals surface area contributed by atoms with E-state index in [-0.39, 0.29) is 0 Å². The summed E-state index contributed by atoms with van der Waals surface area (Å²) in [7, 11) is 0. The zero-order valence-electron chi connectivity index (χ0n) is 10.5. The van der Waals surface area contributed by atoms with Gasteiger partial charge in [-0.2, -0.15) is 0 Å². The van der Waals surface area contributed by atoms with E-state index in [4.69, 9.17) is 0 Å². The van der Waals surface area contributed by atoms with Gasteiger partial charge in [0, 0.05) is 23.5 Å². The molecule has 2 aromatic heterocycles. The molecule has 0 bridgehead atoms. The molecule has 4 heteroatoms. The van der Waals surface area contributed by atoms with E-state index in [1.54, 1.807) is 18.0 Å². The minimum atomic E-state index is 0.722. The van der Waals surface area contributed by atoms with Gasteiger partial charge in [-0.1, -0.05) is 18.2 Å². The highest BCUT2D eigenvalue weighted by Gasteiger charge is 1.97. The summed E-state index contributed by atoms with van der Waals surface area (Å²) in [5.74, 6) is 0.722. The van der Waals surface area contributed by atoms with Gasteiger partial charge >= 0.3 is 0 Å². The molecule has 0 aliphatic carbocycles. The summed E-state index contributed by atoms with van der Waals surface area (Å²) in [6.07, 6.45) is 11.8. The lowest BCUT2D eigenvalue weighted by Gasteiger charge is -1.96. The third-order valence-corrected chi connectivity index (χ3v) is 3.56. The monoisotopic (exact) mass is 267 g/mol. The summed E-state index contributed by atoms with van der Waals surface area (Å²) >= 11 is 1.75. The van der Waals surface area contributed by atoms with Gasteiger partial charge in [0.05, 0.1) is 5.69 Å². The largest absolute Gasteiger partial charge is 0.291 e. The summed E-state index contributed by atoms with van der Waals surface area (Å²) in [6, 6.07) is 10.3. The predicted molar refractivity (Wildman–Crippen MR) is 80.1 cm³/mol. The van der Waals surface area contributed by atoms with Crippen LogP contribution in [0.1, 0.15) is 11.3 Å². The van der Waals surface area contributed by atoms with Crippen molar-refractivity contribution in [1.82, 2.24) is 14.4 Å². The second-order valence-corrected chi connectivity index (χ2v) is 4.98. The Morgan fingerprint density at radius 2 is 2.00 bits per heavy atom. The van der Waals surface area contributed by atoms with Crippen LogP contribution >= 0.6 is 11.8 Å². The van der Waals surface area contributed by atoms with Crippen LogP contribution in [0.2, 0.25) is 0 Å². The first-order valence-electron chi connectivity index (χ1n) is 5.97. The average molecular weight is 267 g/mol. The third kappa shape index (κ3) is 2.69. The molecule has 0 atom stereocenters. The molecule has 0 fully saturated rings. The minimum Gasteiger partial charge on any atom is -0.291 e. The van der Waals surface area contributed by atoms with Gasteiger partial charge in [-0.3, -0.25) is 4.40 Å². The number of rotatable bonds is 3. The summed E-state index contributed by atoms with van der Waals surface area (Å²) in [5, 5.41) is 0. The maximum atomic E-state index is 4.42. The summed E-state index contributed by atoms with van der Waals surface area (Å²) in [4.78, 5) is 9.89. The fourth-order valence-electron chi connectivity index (χ4n) is 1.83. The average Bonchev–Trinajstić information content (AvgIpc) is 2.88. The van der Waals surface area contributed by atoms with Crippen molar-refractivity contribution in [3.05, 3.63) is 60.2 Å². The molecule has 19 heavy (non-hydrogen) atoms. The van der Waals surface area contributed by atoms with Crippen molar-refractivity contribution >= 4 is 29.7 Å². The lowest BCUT2D eigenvalue weighted by atomic mass is 10.2. The number of thioether (sulfide) groups is 1. The molecule has 0 amide bonds. The fraction of sp³-hybridized carbons (Fsp3) is 0.0667. The maximum absolute atomic E-state index is 4.42. The summed E-state index contributed by atoms with van der Waals surface area (Å²) in [6.45, 7) is 0. The van der Waals surface area contributed by atoms with Crippen molar-refractivity contribution in [1.29, 1.82) is 0 Å². The van der Waals surface area contributed by atoms with E-state index in [0.717, 1.165) is 11.5 Å². The first-order chi connectivity index (χ1) is 9.35. The number of fused-ring (bicyclic) bond motifs is 1. The Morgan fingerprint density at radius 1 is 1.16 bits per heavy atom. The van der Waals surface area contributed by atoms with Crippen LogP contribution in [0.4, 0.5) is 0 Å². The molecule has 2 heterocycles. The van der Waals surface area contributed by atoms with Crippen molar-refractivity contribution in [2.24, 2.45) is 0 Å². The second kappa shape index (κ2) is 5.28. The van der Waals surface area contributed by atoms with Crippen LogP contribution in [-0.2, 0) is 0 Å². The standard InChI is InChI=1S/C15H13N3S/c1-19-14-7-4-12(5-8-14)3-6-13-11-18-10-2-9-16-15(18)17-13/h2-11H,1H3/b6-3+. The molecule has 3 nitrogen and oxygen atoms in total. The highest BCUT2D eigenvalue weighted by molar-refractivity contribution is 7.98. The molecule has 0 radical (unpaired) electrons. The SMILES string of the molecule is CSc1ccc(/C=C/c2cn3cccnc3n2)cc1. The van der Waals surface area contributed by atoms with E-state index >= 15 is 0 Å². The number of imidazole rings is 1. The van der Waals surface area contributed by atoms with E-state index in [2.05, 4.69) is 46.6 Å². The quantitative estimate of drug-likeness (QED) is 0.679. The van der Waals surface area contributed by atoms with Crippen molar-refractivity contribution in [3.8, 4) is 0 Å². The Labute approximate surface area is 116 Å². The molecular formula is C15H13N3S. The summed E-state index contributed by atoms with van der Waals surface area (Å²) < 4.78 is 1.91. The molecule has 3 aromatic rings. The van der Waals surface area contributed by atoms with Gasteiger partial charge in [0.15, 0.2) is 0 Å². The van der Waals surface area contributed by atoms with Crippen LogP contribution in [0.25, 0.3) is 17.9 Å². The topological polar surface area (TPSA) is 30.2 Å². The maximum Gasteiger partial charge on any atom is 0.234 e. The Kier molecular flexibility index (Phi) is 3.33. The minimum absolute atomic E-state index is 0.722. The predicted octanol–water partition coefficient (Wildman–Crippen LogP) is 3.62. The van der Waals surface area contributed by atoms with Gasteiger partial charge in [0.25, 0.3) is 0 Å². The van der Waals surface area contributed by atoms with Gasteiger partial charge in [0.2, 0.25) is 5.78 Å². The number of hydrogen-bond acceptors (Lipinski definition) is 3. The first kappa shape index (κ1) is 12.0. The molecule has 3 rings (SSSR count). The van der Waals surface area contributed by atoms with Crippen LogP contribution in [0, 0.1) is 0 Å². The molecule has 0 spiro atoms. The normalized spacial score (nSPS) is 11.4. The van der Waals surface area contributed by atoms with Crippen LogP contribution in [0.5, 0.6) is 0 Å². The number of benzene rings is 1. The Hall–Kier alpha value is -2.07. The highest BCUT2D eigenvalue weighted by atomic mass is 32.2. The molecule has 0 unspecified atom stereocenters. The molecule has 0 aliphatic heterocycles. The molecule has 0 N–H and O–H groups in total. The molecule has 0 saturated heterocycles. The van der Waals surface area contributed by atoms with Crippen molar-refractivity contribution in [3.63, 3.8) is 0 Å². The van der Waals surface area contributed by atoms with Crippen molar-refractivity contribution < 1.29 is 0 Å². The van der Waals surface area contributed by atoms with Gasteiger partial charge in [-0.05, 0) is 36.1 Å². The van der Waals surface area contributed by atoms with Gasteiger partial charge < -0.3 is 0 Å². The molecule has 0 aliphatic rings. The lowest BCUT2D eigenvalue weighted by Crippen LogP contribution is -1.82. The van der Waals surface area contributed by atoms with Crippen molar-refractivity contribution in [2.45, 2.75) is 4.90 Å². The lowest BCUT2D eigenvalue weighted by molar-refractivity contribution is 1.11. The van der Waals surface area contributed by atoms with Crippen LogP contribution < -0.4 is 0 Å². The zero-order valence-corrected chi connectivity index (χ0v) is 11.3. The molecule has 94 valence electrons. The van der Waals surface area contributed by atoms with Crippen LogP contribution in [-0.4, -0.2) is 20.6 Å². The van der Waals surface area contributed by atoms with Gasteiger partial charge in [0.1, 0.15) is 0 Å². The Balaban J connectivity index is 1.84. The smallest absolute Gasteiger partial charge is 0.234 e. The van der Waals surface area contributed by atoms with Crippen molar-refractivity contribution in [2.75, 3.05) is 6.26 Å². The second-order valence-electron chi connectivity index (χ2n) is 4.10.